The molecule has 1 N–H and O–H groups in total. The van der Waals surface area contributed by atoms with Crippen molar-refractivity contribution in [3.8, 4) is 0 Å². The Labute approximate surface area is 131 Å². The van der Waals surface area contributed by atoms with Gasteiger partial charge in [-0.25, -0.2) is 16.8 Å². The number of benzene rings is 2. The highest BCUT2D eigenvalue weighted by Gasteiger charge is 2.17. The minimum atomic E-state index is -3.70. The summed E-state index contributed by atoms with van der Waals surface area (Å²) in [5.74, 6) is 0.00127. The minimum Gasteiger partial charge on any atom is -0.280 e. The second kappa shape index (κ2) is 6.10. The molecule has 0 amide bonds. The molecule has 5 nitrogen and oxygen atoms in total. The first kappa shape index (κ1) is 16.5. The van der Waals surface area contributed by atoms with Crippen LogP contribution in [0, 0.1) is 6.92 Å². The van der Waals surface area contributed by atoms with E-state index >= 15 is 0 Å². The van der Waals surface area contributed by atoms with Crippen molar-refractivity contribution in [3.05, 3.63) is 54.1 Å². The van der Waals surface area contributed by atoms with Crippen LogP contribution in [-0.2, 0) is 19.9 Å². The van der Waals surface area contributed by atoms with Gasteiger partial charge < -0.3 is 0 Å². The molecule has 0 aromatic heterocycles. The normalized spacial score (nSPS) is 12.1. The van der Waals surface area contributed by atoms with Crippen molar-refractivity contribution in [2.75, 3.05) is 10.5 Å². The third-order valence-corrected chi connectivity index (χ3v) is 6.52. The highest BCUT2D eigenvalue weighted by Crippen LogP contribution is 2.20. The van der Waals surface area contributed by atoms with Crippen LogP contribution in [0.4, 0.5) is 5.69 Å². The van der Waals surface area contributed by atoms with Crippen LogP contribution in [0.5, 0.6) is 0 Å². The van der Waals surface area contributed by atoms with Gasteiger partial charge in [0.1, 0.15) is 0 Å². The van der Waals surface area contributed by atoms with E-state index < -0.39 is 19.9 Å². The molecule has 0 aliphatic carbocycles. The molecule has 7 heteroatoms. The monoisotopic (exact) mass is 339 g/mol. The van der Waals surface area contributed by atoms with Crippen molar-refractivity contribution in [1.29, 1.82) is 0 Å². The zero-order valence-corrected chi connectivity index (χ0v) is 13.9. The van der Waals surface area contributed by atoms with Gasteiger partial charge >= 0.3 is 0 Å². The van der Waals surface area contributed by atoms with E-state index in [1.54, 1.807) is 32.0 Å². The Bertz CT molecular complexity index is 870. The van der Waals surface area contributed by atoms with E-state index in [9.17, 15) is 16.8 Å². The van der Waals surface area contributed by atoms with Crippen molar-refractivity contribution in [1.82, 2.24) is 0 Å². The average Bonchev–Trinajstić information content (AvgIpc) is 2.47. The molecule has 0 saturated heterocycles. The molecular formula is C15H17NO4S2. The Morgan fingerprint density at radius 2 is 1.50 bits per heavy atom. The fourth-order valence-electron chi connectivity index (χ4n) is 1.97. The van der Waals surface area contributed by atoms with Crippen LogP contribution in [0.1, 0.15) is 12.5 Å². The van der Waals surface area contributed by atoms with E-state index in [0.29, 0.717) is 11.3 Å². The molecular weight excluding hydrogens is 322 g/mol. The van der Waals surface area contributed by atoms with Crippen LogP contribution in [0.15, 0.2) is 58.3 Å². The molecule has 0 aliphatic heterocycles. The van der Waals surface area contributed by atoms with Crippen LogP contribution >= 0.6 is 0 Å². The van der Waals surface area contributed by atoms with Crippen molar-refractivity contribution in [2.24, 2.45) is 0 Å². The topological polar surface area (TPSA) is 80.3 Å². The summed E-state index contributed by atoms with van der Waals surface area (Å²) in [6.07, 6.45) is 0. The van der Waals surface area contributed by atoms with Gasteiger partial charge in [0.05, 0.1) is 15.5 Å². The van der Waals surface area contributed by atoms with E-state index in [-0.39, 0.29) is 15.5 Å². The number of anilines is 1. The lowest BCUT2D eigenvalue weighted by atomic mass is 10.2. The largest absolute Gasteiger partial charge is 0.280 e. The van der Waals surface area contributed by atoms with Crippen LogP contribution in [0.3, 0.4) is 0 Å². The summed E-state index contributed by atoms with van der Waals surface area (Å²) in [5.41, 5.74) is 0.957. The van der Waals surface area contributed by atoms with Gasteiger partial charge in [-0.05, 0) is 42.8 Å². The molecule has 2 rings (SSSR count). The molecule has 22 heavy (non-hydrogen) atoms. The fourth-order valence-corrected chi connectivity index (χ4v) is 4.16. The second-order valence-corrected chi connectivity index (χ2v) is 8.73. The SMILES string of the molecule is CCS(=O)(=O)c1ccc(NS(=O)(=O)c2ccccc2C)cc1. The second-order valence-electron chi connectivity index (χ2n) is 4.80. The molecule has 2 aromatic carbocycles. The van der Waals surface area contributed by atoms with Crippen LogP contribution < -0.4 is 4.72 Å². The lowest BCUT2D eigenvalue weighted by Gasteiger charge is -2.10. The maximum atomic E-state index is 12.3. The number of hydrogen-bond acceptors (Lipinski definition) is 4. The summed E-state index contributed by atoms with van der Waals surface area (Å²) < 4.78 is 50.6. The van der Waals surface area contributed by atoms with Gasteiger partial charge in [-0.15, -0.1) is 0 Å². The smallest absolute Gasteiger partial charge is 0.262 e. The van der Waals surface area contributed by atoms with Gasteiger partial charge in [0.25, 0.3) is 10.0 Å². The maximum Gasteiger partial charge on any atom is 0.262 e. The molecule has 0 unspecified atom stereocenters. The van der Waals surface area contributed by atoms with Crippen LogP contribution in [0.25, 0.3) is 0 Å². The van der Waals surface area contributed by atoms with Crippen molar-refractivity contribution in [2.45, 2.75) is 23.6 Å². The Morgan fingerprint density at radius 1 is 0.909 bits per heavy atom. The van der Waals surface area contributed by atoms with E-state index in [2.05, 4.69) is 4.72 Å². The first-order valence-corrected chi connectivity index (χ1v) is 9.81. The predicted molar refractivity (Wildman–Crippen MR) is 86.2 cm³/mol. The predicted octanol–water partition coefficient (Wildman–Crippen LogP) is 2.59. The number of sulfonamides is 1. The first-order chi connectivity index (χ1) is 10.3. The first-order valence-electron chi connectivity index (χ1n) is 6.67. The molecule has 0 bridgehead atoms. The summed E-state index contributed by atoms with van der Waals surface area (Å²) in [6.45, 7) is 3.27. The molecule has 0 saturated carbocycles. The van der Waals surface area contributed by atoms with Gasteiger partial charge in [0.2, 0.25) is 0 Å². The van der Waals surface area contributed by atoms with Gasteiger partial charge in [-0.1, -0.05) is 25.1 Å². The van der Waals surface area contributed by atoms with Gasteiger partial charge in [0.15, 0.2) is 9.84 Å². The lowest BCUT2D eigenvalue weighted by Crippen LogP contribution is -2.14. The van der Waals surface area contributed by atoms with Crippen LogP contribution in [0.2, 0.25) is 0 Å². The fraction of sp³-hybridized carbons (Fsp3) is 0.200. The lowest BCUT2D eigenvalue weighted by molar-refractivity contribution is 0.597. The highest BCUT2D eigenvalue weighted by atomic mass is 32.2. The Hall–Kier alpha value is -1.86. The summed E-state index contributed by atoms with van der Waals surface area (Å²) in [4.78, 5) is 0.370. The quantitative estimate of drug-likeness (QED) is 0.908. The number of nitrogens with one attached hydrogen (secondary N) is 1. The van der Waals surface area contributed by atoms with E-state index in [1.165, 1.54) is 30.3 Å². The molecule has 0 aliphatic rings. The van der Waals surface area contributed by atoms with E-state index in [0.717, 1.165) is 0 Å². The third-order valence-electron chi connectivity index (χ3n) is 3.23. The van der Waals surface area contributed by atoms with Crippen molar-refractivity contribution in [3.63, 3.8) is 0 Å². The van der Waals surface area contributed by atoms with Gasteiger partial charge in [0, 0.05) is 5.69 Å². The molecule has 2 aromatic rings. The zero-order chi connectivity index (χ0) is 16.4. The summed E-state index contributed by atoms with van der Waals surface area (Å²) in [7, 11) is -6.99. The maximum absolute atomic E-state index is 12.3. The molecule has 0 atom stereocenters. The third kappa shape index (κ3) is 3.48. The van der Waals surface area contributed by atoms with E-state index in [1.807, 2.05) is 0 Å². The Morgan fingerprint density at radius 3 is 2.05 bits per heavy atom. The average molecular weight is 339 g/mol. The van der Waals surface area contributed by atoms with E-state index in [4.69, 9.17) is 0 Å². The Balaban J connectivity index is 2.30. The molecule has 0 fully saturated rings. The van der Waals surface area contributed by atoms with Gasteiger partial charge in [-0.3, -0.25) is 4.72 Å². The van der Waals surface area contributed by atoms with Crippen molar-refractivity contribution >= 4 is 25.5 Å². The summed E-state index contributed by atoms with van der Waals surface area (Å²) in [6, 6.07) is 12.3. The van der Waals surface area contributed by atoms with Crippen LogP contribution in [-0.4, -0.2) is 22.6 Å². The number of aryl methyl sites for hydroxylation is 1. The minimum absolute atomic E-state index is 0.00127. The number of hydrogen-bond donors (Lipinski definition) is 1. The number of rotatable bonds is 5. The molecule has 0 spiro atoms. The summed E-state index contributed by atoms with van der Waals surface area (Å²) >= 11 is 0. The van der Waals surface area contributed by atoms with Crippen molar-refractivity contribution < 1.29 is 16.8 Å². The zero-order valence-electron chi connectivity index (χ0n) is 12.3. The summed E-state index contributed by atoms with van der Waals surface area (Å²) in [5, 5.41) is 0. The number of sulfone groups is 1. The van der Waals surface area contributed by atoms with Gasteiger partial charge in [-0.2, -0.15) is 0 Å². The molecule has 118 valence electrons. The molecule has 0 heterocycles. The standard InChI is InChI=1S/C15H17NO4S2/c1-3-21(17,18)14-10-8-13(9-11-14)16-22(19,20)15-7-5-4-6-12(15)2/h4-11,16H,3H2,1-2H3. The molecule has 0 radical (unpaired) electrons. The Kier molecular flexibility index (Phi) is 4.58. The highest BCUT2D eigenvalue weighted by molar-refractivity contribution is 7.92.